The van der Waals surface area contributed by atoms with E-state index >= 15 is 0 Å². The molecule has 0 unspecified atom stereocenters. The second kappa shape index (κ2) is 6.02. The number of fused-ring (bicyclic) bond motifs is 11. The van der Waals surface area contributed by atoms with Gasteiger partial charge < -0.3 is 8.83 Å². The highest BCUT2D eigenvalue weighted by Crippen LogP contribution is 2.45. The van der Waals surface area contributed by atoms with Crippen LogP contribution < -0.4 is 0 Å². The Labute approximate surface area is 187 Å². The third-order valence-electron chi connectivity index (χ3n) is 6.62. The summed E-state index contributed by atoms with van der Waals surface area (Å²) in [5.74, 6) is 0. The van der Waals surface area contributed by atoms with E-state index in [4.69, 9.17) is 13.8 Å². The van der Waals surface area contributed by atoms with Crippen LogP contribution in [0.1, 0.15) is 0 Å². The number of aromatic nitrogens is 2. The summed E-state index contributed by atoms with van der Waals surface area (Å²) in [5, 5.41) is 6.77. The highest BCUT2D eigenvalue weighted by atomic mass is 16.4. The third kappa shape index (κ3) is 2.12. The van der Waals surface area contributed by atoms with Gasteiger partial charge in [-0.2, -0.15) is 4.98 Å². The maximum atomic E-state index is 6.53. The summed E-state index contributed by atoms with van der Waals surface area (Å²) >= 11 is 0. The first-order valence-corrected chi connectivity index (χ1v) is 11.0. The van der Waals surface area contributed by atoms with Crippen molar-refractivity contribution in [3.05, 3.63) is 97.1 Å². The van der Waals surface area contributed by atoms with Crippen molar-refractivity contribution in [3.8, 4) is 6.01 Å². The molecule has 0 saturated heterocycles. The van der Waals surface area contributed by atoms with Crippen molar-refractivity contribution >= 4 is 65.6 Å². The zero-order valence-corrected chi connectivity index (χ0v) is 17.4. The van der Waals surface area contributed by atoms with Crippen molar-refractivity contribution in [2.75, 3.05) is 0 Å². The molecule has 8 aromatic rings. The van der Waals surface area contributed by atoms with Gasteiger partial charge in [-0.1, -0.05) is 72.8 Å². The molecule has 0 N–H and O–H groups in total. The van der Waals surface area contributed by atoms with E-state index in [0.29, 0.717) is 6.01 Å². The molecule has 5 aromatic carbocycles. The molecule has 3 heterocycles. The third-order valence-corrected chi connectivity index (χ3v) is 6.62. The number of rotatable bonds is 1. The number of nitrogens with zero attached hydrogens (tertiary/aromatic N) is 2. The Balaban J connectivity index is 1.70. The number of hydrogen-bond acceptors (Lipinski definition) is 3. The van der Waals surface area contributed by atoms with E-state index in [2.05, 4.69) is 65.2 Å². The van der Waals surface area contributed by atoms with Gasteiger partial charge in [0.15, 0.2) is 5.58 Å². The van der Waals surface area contributed by atoms with Crippen LogP contribution in [-0.4, -0.2) is 9.55 Å². The smallest absolute Gasteiger partial charge is 0.307 e. The summed E-state index contributed by atoms with van der Waals surface area (Å²) in [6, 6.07) is 33.6. The molecule has 3 aromatic heterocycles. The standard InChI is InChI=1S/C29H16N2O2/c1-2-10-18-17(9-1)25-20-12-4-7-15-23(20)32-28(25)26-19-11-3-6-14-22(19)31(27(18)26)29-30-21-13-5-8-16-24(21)33-29/h1-16H. The molecule has 4 heteroatoms. The van der Waals surface area contributed by atoms with Gasteiger partial charge in [-0.15, -0.1) is 0 Å². The van der Waals surface area contributed by atoms with Gasteiger partial charge in [0.1, 0.15) is 16.7 Å². The zero-order chi connectivity index (χ0) is 21.5. The lowest BCUT2D eigenvalue weighted by Gasteiger charge is -2.07. The van der Waals surface area contributed by atoms with Crippen LogP contribution in [0.15, 0.2) is 106 Å². The maximum absolute atomic E-state index is 6.53. The van der Waals surface area contributed by atoms with E-state index in [1.165, 1.54) is 0 Å². The van der Waals surface area contributed by atoms with E-state index < -0.39 is 0 Å². The molecule has 0 amide bonds. The van der Waals surface area contributed by atoms with Crippen LogP contribution in [0.25, 0.3) is 71.6 Å². The number of benzene rings is 5. The van der Waals surface area contributed by atoms with Crippen LogP contribution in [0.5, 0.6) is 0 Å². The Kier molecular flexibility index (Phi) is 3.11. The fourth-order valence-electron chi connectivity index (χ4n) is 5.28. The Morgan fingerprint density at radius 3 is 2.06 bits per heavy atom. The number of furan rings is 1. The quantitative estimate of drug-likeness (QED) is 0.268. The van der Waals surface area contributed by atoms with Crippen molar-refractivity contribution in [2.45, 2.75) is 0 Å². The normalized spacial score (nSPS) is 12.2. The highest BCUT2D eigenvalue weighted by molar-refractivity contribution is 6.35. The van der Waals surface area contributed by atoms with Crippen LogP contribution in [0.3, 0.4) is 0 Å². The molecule has 0 aliphatic heterocycles. The first kappa shape index (κ1) is 17.0. The van der Waals surface area contributed by atoms with Crippen LogP contribution in [0.4, 0.5) is 0 Å². The molecule has 0 bridgehead atoms. The minimum absolute atomic E-state index is 0.558. The largest absolute Gasteiger partial charge is 0.455 e. The van der Waals surface area contributed by atoms with Crippen molar-refractivity contribution in [3.63, 3.8) is 0 Å². The minimum Gasteiger partial charge on any atom is -0.455 e. The number of hydrogen-bond donors (Lipinski definition) is 0. The summed E-state index contributed by atoms with van der Waals surface area (Å²) in [6.45, 7) is 0. The zero-order valence-electron chi connectivity index (χ0n) is 17.4. The molecule has 0 atom stereocenters. The van der Waals surface area contributed by atoms with Crippen molar-refractivity contribution < 1.29 is 8.83 Å². The lowest BCUT2D eigenvalue weighted by atomic mass is 9.99. The van der Waals surface area contributed by atoms with Gasteiger partial charge in [0.25, 0.3) is 0 Å². The topological polar surface area (TPSA) is 44.1 Å². The average Bonchev–Trinajstić information content (AvgIpc) is 3.55. The molecule has 0 saturated carbocycles. The van der Waals surface area contributed by atoms with E-state index in [1.807, 2.05) is 36.4 Å². The SMILES string of the molecule is c1ccc2oc(-n3c4ccccc4c4c5oc6ccccc6c5c5ccccc5c43)nc2c1. The second-order valence-electron chi connectivity index (χ2n) is 8.39. The van der Waals surface area contributed by atoms with Gasteiger partial charge in [-0.05, 0) is 29.7 Å². The summed E-state index contributed by atoms with van der Waals surface area (Å²) in [5.41, 5.74) is 5.49. The molecule has 4 nitrogen and oxygen atoms in total. The highest BCUT2D eigenvalue weighted by Gasteiger charge is 2.24. The van der Waals surface area contributed by atoms with Gasteiger partial charge in [0.05, 0.1) is 16.4 Å². The molecular formula is C29H16N2O2. The fraction of sp³-hybridized carbons (Fsp3) is 0. The minimum atomic E-state index is 0.558. The molecule has 0 aliphatic rings. The Bertz CT molecular complexity index is 2000. The number of para-hydroxylation sites is 4. The second-order valence-corrected chi connectivity index (χ2v) is 8.39. The van der Waals surface area contributed by atoms with Gasteiger partial charge in [0.2, 0.25) is 0 Å². The summed E-state index contributed by atoms with van der Waals surface area (Å²) in [6.07, 6.45) is 0. The lowest BCUT2D eigenvalue weighted by Crippen LogP contribution is -1.94. The van der Waals surface area contributed by atoms with Crippen molar-refractivity contribution in [1.29, 1.82) is 0 Å². The van der Waals surface area contributed by atoms with E-state index in [0.717, 1.165) is 65.6 Å². The van der Waals surface area contributed by atoms with Gasteiger partial charge in [-0.25, -0.2) is 0 Å². The molecule has 8 rings (SSSR count). The van der Waals surface area contributed by atoms with Gasteiger partial charge in [-0.3, -0.25) is 4.57 Å². The van der Waals surface area contributed by atoms with E-state index in [9.17, 15) is 0 Å². The maximum Gasteiger partial charge on any atom is 0.307 e. The molecule has 0 radical (unpaired) electrons. The molecule has 0 spiro atoms. The lowest BCUT2D eigenvalue weighted by molar-refractivity contribution is 0.574. The summed E-state index contributed by atoms with van der Waals surface area (Å²) in [7, 11) is 0. The monoisotopic (exact) mass is 424 g/mol. The fourth-order valence-corrected chi connectivity index (χ4v) is 5.28. The van der Waals surface area contributed by atoms with Crippen LogP contribution in [0, 0.1) is 0 Å². The molecular weight excluding hydrogens is 408 g/mol. The van der Waals surface area contributed by atoms with Crippen LogP contribution in [0.2, 0.25) is 0 Å². The van der Waals surface area contributed by atoms with E-state index in [-0.39, 0.29) is 0 Å². The van der Waals surface area contributed by atoms with E-state index in [1.54, 1.807) is 0 Å². The molecule has 33 heavy (non-hydrogen) atoms. The molecule has 0 aliphatic carbocycles. The van der Waals surface area contributed by atoms with Crippen LogP contribution >= 0.6 is 0 Å². The summed E-state index contributed by atoms with van der Waals surface area (Å²) in [4.78, 5) is 4.85. The Morgan fingerprint density at radius 1 is 0.545 bits per heavy atom. The van der Waals surface area contributed by atoms with Crippen molar-refractivity contribution in [2.24, 2.45) is 0 Å². The Hall–Kier alpha value is -4.57. The van der Waals surface area contributed by atoms with Crippen LogP contribution in [-0.2, 0) is 0 Å². The molecule has 0 fully saturated rings. The first-order valence-electron chi connectivity index (χ1n) is 11.0. The molecule has 154 valence electrons. The van der Waals surface area contributed by atoms with Crippen molar-refractivity contribution in [1.82, 2.24) is 9.55 Å². The number of oxazole rings is 1. The summed E-state index contributed by atoms with van der Waals surface area (Å²) < 4.78 is 14.9. The average molecular weight is 424 g/mol. The Morgan fingerprint density at radius 2 is 1.21 bits per heavy atom. The van der Waals surface area contributed by atoms with Gasteiger partial charge in [0, 0.05) is 21.5 Å². The van der Waals surface area contributed by atoms with Gasteiger partial charge >= 0.3 is 6.01 Å². The predicted molar refractivity (Wildman–Crippen MR) is 133 cm³/mol. The first-order chi connectivity index (χ1) is 16.4. The predicted octanol–water partition coefficient (Wildman–Crippen LogP) is 7.98.